The number of nitrogens with one attached hydrogen (secondary N) is 2. The Kier molecular flexibility index (Phi) is 5.26. The maximum absolute atomic E-state index is 10.7. The van der Waals surface area contributed by atoms with Gasteiger partial charge in [0.1, 0.15) is 11.5 Å². The smallest absolute Gasteiger partial charge is 0.139 e. The summed E-state index contributed by atoms with van der Waals surface area (Å²) >= 11 is 0. The third kappa shape index (κ3) is 3.79. The summed E-state index contributed by atoms with van der Waals surface area (Å²) in [5.74, 6) is 0.418. The monoisotopic (exact) mass is 420 g/mol. The Morgan fingerprint density at radius 2 is 1.09 bits per heavy atom. The number of phenols is 2. The van der Waals surface area contributed by atoms with Crippen molar-refractivity contribution in [1.82, 2.24) is 0 Å². The normalized spacial score (nSPS) is 12.0. The van der Waals surface area contributed by atoms with Crippen LogP contribution in [0.1, 0.15) is 11.6 Å². The van der Waals surface area contributed by atoms with Crippen LogP contribution in [0.25, 0.3) is 21.5 Å². The van der Waals surface area contributed by atoms with Gasteiger partial charge in [0.15, 0.2) is 0 Å². The van der Waals surface area contributed by atoms with Gasteiger partial charge in [-0.2, -0.15) is 0 Å². The number of phenolic OH excluding ortho intramolecular Hbond substituents is 2. The lowest BCUT2D eigenvalue weighted by Gasteiger charge is -2.24. The van der Waals surface area contributed by atoms with Crippen molar-refractivity contribution in [1.29, 1.82) is 0 Å². The molecule has 0 fully saturated rings. The summed E-state index contributed by atoms with van der Waals surface area (Å²) in [5.41, 5.74) is 2.47. The van der Waals surface area contributed by atoms with E-state index in [0.29, 0.717) is 17.9 Å². The van der Waals surface area contributed by atoms with Crippen LogP contribution in [0, 0.1) is 0 Å². The summed E-state index contributed by atoms with van der Waals surface area (Å²) in [4.78, 5) is 0. The Morgan fingerprint density at radius 3 is 1.75 bits per heavy atom. The van der Waals surface area contributed by atoms with E-state index in [0.717, 1.165) is 27.1 Å². The van der Waals surface area contributed by atoms with Gasteiger partial charge in [0, 0.05) is 17.3 Å². The van der Waals surface area contributed by atoms with E-state index in [9.17, 15) is 10.2 Å². The minimum absolute atomic E-state index is 0.147. The van der Waals surface area contributed by atoms with Crippen molar-refractivity contribution in [3.63, 3.8) is 0 Å². The van der Waals surface area contributed by atoms with Crippen LogP contribution < -0.4 is 10.6 Å². The maximum atomic E-state index is 10.7. The van der Waals surface area contributed by atoms with E-state index in [-0.39, 0.29) is 17.5 Å². The van der Waals surface area contributed by atoms with E-state index in [4.69, 9.17) is 0 Å². The van der Waals surface area contributed by atoms with Crippen LogP contribution in [0.4, 0.5) is 11.4 Å². The quantitative estimate of drug-likeness (QED) is 0.232. The van der Waals surface area contributed by atoms with E-state index in [1.165, 1.54) is 0 Å². The predicted molar refractivity (Wildman–Crippen MR) is 133 cm³/mol. The average Bonchev–Trinajstić information content (AvgIpc) is 2.84. The fraction of sp³-hybridized carbons (Fsp3) is 0.0714. The zero-order valence-electron chi connectivity index (χ0n) is 17.5. The lowest BCUT2D eigenvalue weighted by Crippen LogP contribution is -2.20. The standard InChI is InChI=1S/C28H24N2O2/c31-25-16-14-19-8-4-6-12-22(19)27(25)29-18-24(21-10-2-1-3-11-21)30-28-23-13-7-5-9-20(23)15-17-26(28)32/h1-17,24,29-32H,18H2/t24-/m1/s1. The predicted octanol–water partition coefficient (Wildman–Crippen LogP) is 6.67. The van der Waals surface area contributed by atoms with E-state index in [2.05, 4.69) is 22.8 Å². The first-order valence-electron chi connectivity index (χ1n) is 10.7. The summed E-state index contributed by atoms with van der Waals surface area (Å²) in [6.45, 7) is 0.508. The molecule has 5 rings (SSSR count). The number of anilines is 2. The van der Waals surface area contributed by atoms with Gasteiger partial charge in [0.05, 0.1) is 17.4 Å². The van der Waals surface area contributed by atoms with Gasteiger partial charge in [-0.05, 0) is 28.5 Å². The van der Waals surface area contributed by atoms with Crippen molar-refractivity contribution in [3.8, 4) is 11.5 Å². The molecule has 0 aromatic heterocycles. The molecule has 0 aliphatic carbocycles. The first-order chi connectivity index (χ1) is 15.7. The average molecular weight is 421 g/mol. The zero-order valence-corrected chi connectivity index (χ0v) is 17.5. The molecule has 158 valence electrons. The molecule has 32 heavy (non-hydrogen) atoms. The van der Waals surface area contributed by atoms with Crippen molar-refractivity contribution in [2.45, 2.75) is 6.04 Å². The number of rotatable bonds is 6. The van der Waals surface area contributed by atoms with E-state index >= 15 is 0 Å². The second-order valence-electron chi connectivity index (χ2n) is 7.85. The number of benzene rings is 5. The molecule has 0 heterocycles. The number of aromatic hydroxyl groups is 2. The molecule has 0 unspecified atom stereocenters. The molecule has 0 radical (unpaired) electrons. The third-order valence-electron chi connectivity index (χ3n) is 5.82. The van der Waals surface area contributed by atoms with Crippen molar-refractivity contribution >= 4 is 32.9 Å². The molecular formula is C28H24N2O2. The Morgan fingerprint density at radius 1 is 0.562 bits per heavy atom. The number of hydrogen-bond donors (Lipinski definition) is 4. The molecule has 4 N–H and O–H groups in total. The van der Waals surface area contributed by atoms with Crippen LogP contribution in [-0.2, 0) is 0 Å². The van der Waals surface area contributed by atoms with Crippen molar-refractivity contribution < 1.29 is 10.2 Å². The van der Waals surface area contributed by atoms with Crippen LogP contribution >= 0.6 is 0 Å². The Balaban J connectivity index is 1.52. The fourth-order valence-electron chi connectivity index (χ4n) is 4.17. The van der Waals surface area contributed by atoms with Gasteiger partial charge in [-0.1, -0.05) is 91.0 Å². The molecule has 0 aliphatic heterocycles. The molecular weight excluding hydrogens is 396 g/mol. The highest BCUT2D eigenvalue weighted by Crippen LogP contribution is 2.36. The molecule has 0 saturated carbocycles. The lowest BCUT2D eigenvalue weighted by atomic mass is 10.0. The molecule has 5 aromatic rings. The summed E-state index contributed by atoms with van der Waals surface area (Å²) in [6, 6.07) is 33.2. The first-order valence-corrected chi connectivity index (χ1v) is 10.7. The molecule has 0 bridgehead atoms. The minimum Gasteiger partial charge on any atom is -0.506 e. The van der Waals surface area contributed by atoms with Gasteiger partial charge in [0.2, 0.25) is 0 Å². The molecule has 4 heteroatoms. The molecule has 0 spiro atoms. The maximum Gasteiger partial charge on any atom is 0.139 e. The molecule has 0 saturated heterocycles. The third-order valence-corrected chi connectivity index (χ3v) is 5.82. The molecule has 0 amide bonds. The van der Waals surface area contributed by atoms with Crippen LogP contribution in [0.5, 0.6) is 11.5 Å². The first kappa shape index (κ1) is 19.8. The second-order valence-corrected chi connectivity index (χ2v) is 7.85. The van der Waals surface area contributed by atoms with Crippen molar-refractivity contribution in [2.24, 2.45) is 0 Å². The van der Waals surface area contributed by atoms with E-state index in [1.807, 2.05) is 78.9 Å². The number of hydrogen-bond acceptors (Lipinski definition) is 4. The van der Waals surface area contributed by atoms with Gasteiger partial charge in [0.25, 0.3) is 0 Å². The summed E-state index contributed by atoms with van der Waals surface area (Å²) in [5, 5.41) is 32.2. The van der Waals surface area contributed by atoms with Gasteiger partial charge < -0.3 is 20.8 Å². The summed E-state index contributed by atoms with van der Waals surface area (Å²) in [7, 11) is 0. The van der Waals surface area contributed by atoms with Crippen LogP contribution in [0.3, 0.4) is 0 Å². The topological polar surface area (TPSA) is 64.5 Å². The minimum atomic E-state index is -0.147. The summed E-state index contributed by atoms with van der Waals surface area (Å²) < 4.78 is 0. The second kappa shape index (κ2) is 8.52. The Hall–Kier alpha value is -4.18. The highest BCUT2D eigenvalue weighted by Gasteiger charge is 2.17. The molecule has 4 nitrogen and oxygen atoms in total. The number of fused-ring (bicyclic) bond motifs is 2. The van der Waals surface area contributed by atoms with Crippen LogP contribution in [0.2, 0.25) is 0 Å². The van der Waals surface area contributed by atoms with Crippen molar-refractivity contribution in [2.75, 3.05) is 17.2 Å². The van der Waals surface area contributed by atoms with Crippen LogP contribution in [0.15, 0.2) is 103 Å². The fourth-order valence-corrected chi connectivity index (χ4v) is 4.17. The highest BCUT2D eigenvalue weighted by atomic mass is 16.3. The Bertz CT molecular complexity index is 1380. The van der Waals surface area contributed by atoms with Gasteiger partial charge >= 0.3 is 0 Å². The molecule has 0 aliphatic rings. The van der Waals surface area contributed by atoms with Gasteiger partial charge in [-0.15, -0.1) is 0 Å². The van der Waals surface area contributed by atoms with Crippen molar-refractivity contribution in [3.05, 3.63) is 109 Å². The van der Waals surface area contributed by atoms with Gasteiger partial charge in [-0.25, -0.2) is 0 Å². The van der Waals surface area contributed by atoms with E-state index < -0.39 is 0 Å². The SMILES string of the molecule is Oc1ccc2ccccc2c1NC[C@@H](Nc1c(O)ccc2ccccc12)c1ccccc1. The highest BCUT2D eigenvalue weighted by molar-refractivity contribution is 5.98. The van der Waals surface area contributed by atoms with Crippen LogP contribution in [-0.4, -0.2) is 16.8 Å². The summed E-state index contributed by atoms with van der Waals surface area (Å²) in [6.07, 6.45) is 0. The van der Waals surface area contributed by atoms with Gasteiger partial charge in [-0.3, -0.25) is 0 Å². The molecule has 5 aromatic carbocycles. The lowest BCUT2D eigenvalue weighted by molar-refractivity contribution is 0.476. The Labute approximate surface area is 186 Å². The largest absolute Gasteiger partial charge is 0.506 e. The van der Waals surface area contributed by atoms with E-state index in [1.54, 1.807) is 12.1 Å². The molecule has 1 atom stereocenters. The zero-order chi connectivity index (χ0) is 21.9.